The Morgan fingerprint density at radius 3 is 3.14 bits per heavy atom. The number of rotatable bonds is 4. The molecule has 2 N–H and O–H groups in total. The fraction of sp³-hybridized carbons (Fsp3) is 0.312. The van der Waals surface area contributed by atoms with E-state index in [1.807, 2.05) is 17.7 Å². The number of thiophene rings is 1. The lowest BCUT2D eigenvalue weighted by Crippen LogP contribution is -2.38. The van der Waals surface area contributed by atoms with Crippen molar-refractivity contribution in [3.63, 3.8) is 0 Å². The molecule has 0 spiro atoms. The molecule has 0 fully saturated rings. The zero-order valence-electron chi connectivity index (χ0n) is 11.9. The van der Waals surface area contributed by atoms with E-state index in [0.717, 1.165) is 22.7 Å². The number of carbonyl (C=O) groups excluding carboxylic acids is 1. The molecule has 0 radical (unpaired) electrons. The molecule has 0 saturated heterocycles. The summed E-state index contributed by atoms with van der Waals surface area (Å²) in [5.41, 5.74) is 2.69. The van der Waals surface area contributed by atoms with Gasteiger partial charge in [0, 0.05) is 17.5 Å². The highest BCUT2D eigenvalue weighted by atomic mass is 32.2. The van der Waals surface area contributed by atoms with Gasteiger partial charge in [0.15, 0.2) is 0 Å². The molecule has 3 rings (SSSR count). The van der Waals surface area contributed by atoms with Crippen LogP contribution in [0.2, 0.25) is 0 Å². The maximum absolute atomic E-state index is 12.3. The summed E-state index contributed by atoms with van der Waals surface area (Å²) in [7, 11) is 0. The Balaban J connectivity index is 1.67. The van der Waals surface area contributed by atoms with Crippen molar-refractivity contribution in [3.8, 4) is 0 Å². The molecule has 1 atom stereocenters. The average Bonchev–Trinajstić information content (AvgIpc) is 3.01. The molecule has 0 aliphatic carbocycles. The van der Waals surface area contributed by atoms with Crippen LogP contribution < -0.4 is 10.6 Å². The van der Waals surface area contributed by atoms with E-state index >= 15 is 0 Å². The van der Waals surface area contributed by atoms with Gasteiger partial charge in [-0.3, -0.25) is 4.79 Å². The normalized spacial score (nSPS) is 17.3. The minimum atomic E-state index is 0.0270. The Bertz CT molecular complexity index is 639. The number of hydrogen-bond acceptors (Lipinski definition) is 4. The van der Waals surface area contributed by atoms with E-state index < -0.39 is 0 Å². The third kappa shape index (κ3) is 3.15. The molecule has 5 heteroatoms. The number of fused-ring (bicyclic) bond motifs is 1. The van der Waals surface area contributed by atoms with Crippen LogP contribution in [-0.2, 0) is 6.42 Å². The first-order chi connectivity index (χ1) is 10.3. The Morgan fingerprint density at radius 1 is 1.43 bits per heavy atom. The van der Waals surface area contributed by atoms with Crippen molar-refractivity contribution in [1.82, 2.24) is 10.6 Å². The largest absolute Gasteiger partial charge is 0.349 e. The van der Waals surface area contributed by atoms with Crippen LogP contribution in [0.15, 0.2) is 40.6 Å². The van der Waals surface area contributed by atoms with Crippen LogP contribution in [0.5, 0.6) is 0 Å². The van der Waals surface area contributed by atoms with Crippen LogP contribution in [0.4, 0.5) is 0 Å². The standard InChI is InChI=1S/C16H18N2OS2/c1-20-14-7-9-21-15(14)16(19)18-10-13-12-5-3-2-4-11(12)6-8-17-13/h2-5,7,9,13,17H,6,8,10H2,1H3,(H,18,19). The van der Waals surface area contributed by atoms with E-state index in [-0.39, 0.29) is 11.9 Å². The molecule has 3 nitrogen and oxygen atoms in total. The topological polar surface area (TPSA) is 41.1 Å². The summed E-state index contributed by atoms with van der Waals surface area (Å²) in [6.07, 6.45) is 3.06. The van der Waals surface area contributed by atoms with Gasteiger partial charge in [0.25, 0.3) is 5.91 Å². The molecule has 21 heavy (non-hydrogen) atoms. The lowest BCUT2D eigenvalue weighted by molar-refractivity contribution is 0.0950. The first-order valence-electron chi connectivity index (χ1n) is 7.00. The lowest BCUT2D eigenvalue weighted by Gasteiger charge is -2.27. The molecule has 1 aliphatic rings. The number of amides is 1. The van der Waals surface area contributed by atoms with Gasteiger partial charge in [0.2, 0.25) is 0 Å². The summed E-state index contributed by atoms with van der Waals surface area (Å²) in [4.78, 5) is 14.2. The lowest BCUT2D eigenvalue weighted by atomic mass is 9.94. The minimum absolute atomic E-state index is 0.0270. The molecule has 0 bridgehead atoms. The van der Waals surface area contributed by atoms with Crippen molar-refractivity contribution in [1.29, 1.82) is 0 Å². The maximum Gasteiger partial charge on any atom is 0.262 e. The van der Waals surface area contributed by atoms with Gasteiger partial charge < -0.3 is 10.6 Å². The maximum atomic E-state index is 12.3. The van der Waals surface area contributed by atoms with Gasteiger partial charge in [-0.2, -0.15) is 0 Å². The van der Waals surface area contributed by atoms with Gasteiger partial charge in [0.05, 0.1) is 0 Å². The summed E-state index contributed by atoms with van der Waals surface area (Å²) < 4.78 is 0. The molecule has 2 heterocycles. The highest BCUT2D eigenvalue weighted by Gasteiger charge is 2.20. The zero-order chi connectivity index (χ0) is 14.7. The van der Waals surface area contributed by atoms with Crippen LogP contribution in [-0.4, -0.2) is 25.3 Å². The van der Waals surface area contributed by atoms with Gasteiger partial charge in [0.1, 0.15) is 4.88 Å². The van der Waals surface area contributed by atoms with Crippen molar-refractivity contribution < 1.29 is 4.79 Å². The molecule has 1 aromatic carbocycles. The summed E-state index contributed by atoms with van der Waals surface area (Å²) in [5.74, 6) is 0.0270. The van der Waals surface area contributed by atoms with Crippen molar-refractivity contribution >= 4 is 29.0 Å². The Labute approximate surface area is 133 Å². The van der Waals surface area contributed by atoms with Gasteiger partial charge in [-0.15, -0.1) is 23.1 Å². The average molecular weight is 318 g/mol. The third-order valence-corrected chi connectivity index (χ3v) is 5.56. The van der Waals surface area contributed by atoms with E-state index in [4.69, 9.17) is 0 Å². The van der Waals surface area contributed by atoms with E-state index in [1.165, 1.54) is 22.5 Å². The van der Waals surface area contributed by atoms with Crippen LogP contribution in [0.25, 0.3) is 0 Å². The Morgan fingerprint density at radius 2 is 2.29 bits per heavy atom. The molecule has 110 valence electrons. The van der Waals surface area contributed by atoms with Crippen LogP contribution in [0, 0.1) is 0 Å². The molecule has 2 aromatic rings. The van der Waals surface area contributed by atoms with E-state index in [1.54, 1.807) is 11.8 Å². The van der Waals surface area contributed by atoms with Gasteiger partial charge >= 0.3 is 0 Å². The Hall–Kier alpha value is -1.30. The SMILES string of the molecule is CSc1ccsc1C(=O)NCC1NCCc2ccccc21. The summed E-state index contributed by atoms with van der Waals surface area (Å²) >= 11 is 3.12. The number of hydrogen-bond donors (Lipinski definition) is 2. The van der Waals surface area contributed by atoms with E-state index in [0.29, 0.717) is 6.54 Å². The summed E-state index contributed by atoms with van der Waals surface area (Å²) in [6, 6.07) is 10.7. The number of benzene rings is 1. The molecule has 0 saturated carbocycles. The van der Waals surface area contributed by atoms with Gasteiger partial charge in [-0.05, 0) is 41.8 Å². The molecular weight excluding hydrogens is 300 g/mol. The monoisotopic (exact) mass is 318 g/mol. The fourth-order valence-electron chi connectivity index (χ4n) is 2.67. The van der Waals surface area contributed by atoms with Crippen LogP contribution >= 0.6 is 23.1 Å². The highest BCUT2D eigenvalue weighted by molar-refractivity contribution is 7.98. The predicted octanol–water partition coefficient (Wildman–Crippen LogP) is 3.09. The number of carbonyl (C=O) groups is 1. The number of nitrogens with one attached hydrogen (secondary N) is 2. The second kappa shape index (κ2) is 6.64. The first kappa shape index (κ1) is 14.6. The molecule has 1 amide bonds. The van der Waals surface area contributed by atoms with Crippen molar-refractivity contribution in [2.24, 2.45) is 0 Å². The zero-order valence-corrected chi connectivity index (χ0v) is 13.5. The van der Waals surface area contributed by atoms with Crippen molar-refractivity contribution in [2.45, 2.75) is 17.4 Å². The van der Waals surface area contributed by atoms with Gasteiger partial charge in [-0.1, -0.05) is 24.3 Å². The second-order valence-corrected chi connectivity index (χ2v) is 6.75. The molecule has 1 unspecified atom stereocenters. The predicted molar refractivity (Wildman–Crippen MR) is 89.3 cm³/mol. The van der Waals surface area contributed by atoms with E-state index in [9.17, 15) is 4.79 Å². The summed E-state index contributed by atoms with van der Waals surface area (Å²) in [5, 5.41) is 8.52. The van der Waals surface area contributed by atoms with E-state index in [2.05, 4.69) is 34.9 Å². The third-order valence-electron chi connectivity index (χ3n) is 3.74. The van der Waals surface area contributed by atoms with Crippen LogP contribution in [0.1, 0.15) is 26.8 Å². The minimum Gasteiger partial charge on any atom is -0.349 e. The Kier molecular flexibility index (Phi) is 4.63. The van der Waals surface area contributed by atoms with Crippen molar-refractivity contribution in [2.75, 3.05) is 19.3 Å². The summed E-state index contributed by atoms with van der Waals surface area (Å²) in [6.45, 7) is 1.59. The quantitative estimate of drug-likeness (QED) is 0.851. The highest BCUT2D eigenvalue weighted by Crippen LogP contribution is 2.26. The van der Waals surface area contributed by atoms with Gasteiger partial charge in [-0.25, -0.2) is 0 Å². The molecular formula is C16H18N2OS2. The smallest absolute Gasteiger partial charge is 0.262 e. The molecule has 1 aliphatic heterocycles. The fourth-order valence-corrected chi connectivity index (χ4v) is 4.34. The second-order valence-electron chi connectivity index (χ2n) is 4.98. The van der Waals surface area contributed by atoms with Crippen LogP contribution in [0.3, 0.4) is 0 Å². The molecule has 1 aromatic heterocycles. The van der Waals surface area contributed by atoms with Crippen molar-refractivity contribution in [3.05, 3.63) is 51.7 Å². The number of thioether (sulfide) groups is 1. The first-order valence-corrected chi connectivity index (χ1v) is 9.11.